The van der Waals surface area contributed by atoms with Gasteiger partial charge >= 0.3 is 0 Å². The van der Waals surface area contributed by atoms with Crippen LogP contribution in [0.2, 0.25) is 30.1 Å². The molecular formula is C28H12Cl6F2N3. The Balaban J connectivity index is 1.91. The van der Waals surface area contributed by atoms with Crippen molar-refractivity contribution in [3.63, 3.8) is 0 Å². The largest absolute Gasteiger partial charge is 0.259 e. The van der Waals surface area contributed by atoms with Gasteiger partial charge in [0.1, 0.15) is 11.6 Å². The summed E-state index contributed by atoms with van der Waals surface area (Å²) in [6.07, 6.45) is 4.81. The van der Waals surface area contributed by atoms with E-state index in [0.717, 1.165) is 12.4 Å². The van der Waals surface area contributed by atoms with Gasteiger partial charge in [-0.3, -0.25) is 15.0 Å². The van der Waals surface area contributed by atoms with Crippen molar-refractivity contribution in [3.05, 3.63) is 138 Å². The normalized spacial score (nSPS) is 11.3. The molecule has 0 bridgehead atoms. The molecule has 0 unspecified atom stereocenters. The molecule has 3 nitrogen and oxygen atoms in total. The smallest absolute Gasteiger partial charge is 0.148 e. The molecule has 0 atom stereocenters. The maximum atomic E-state index is 15.4. The lowest BCUT2D eigenvalue weighted by molar-refractivity contribution is 0.557. The summed E-state index contributed by atoms with van der Waals surface area (Å²) in [5.41, 5.74) is 0.914. The van der Waals surface area contributed by atoms with E-state index in [9.17, 15) is 0 Å². The third-order valence-electron chi connectivity index (χ3n) is 5.79. The Morgan fingerprint density at radius 1 is 0.564 bits per heavy atom. The summed E-state index contributed by atoms with van der Waals surface area (Å²) < 4.78 is 30.9. The van der Waals surface area contributed by atoms with Crippen LogP contribution in [0, 0.1) is 17.6 Å². The molecule has 5 rings (SSSR count). The number of nitrogens with zero attached hydrogens (tertiary/aromatic N) is 3. The highest BCUT2D eigenvalue weighted by Gasteiger charge is 2.35. The Morgan fingerprint density at radius 3 is 1.38 bits per heavy atom. The number of aromatic nitrogens is 3. The molecule has 0 saturated carbocycles. The molecule has 3 aromatic heterocycles. The van der Waals surface area contributed by atoms with E-state index >= 15 is 8.78 Å². The van der Waals surface area contributed by atoms with Gasteiger partial charge in [-0.05, 0) is 36.4 Å². The summed E-state index contributed by atoms with van der Waals surface area (Å²) in [7, 11) is 0. The van der Waals surface area contributed by atoms with Gasteiger partial charge in [-0.2, -0.15) is 0 Å². The lowest BCUT2D eigenvalue weighted by Crippen LogP contribution is -2.14. The maximum absolute atomic E-state index is 15.4. The van der Waals surface area contributed by atoms with Gasteiger partial charge in [0.25, 0.3) is 0 Å². The van der Waals surface area contributed by atoms with Gasteiger partial charge < -0.3 is 0 Å². The summed E-state index contributed by atoms with van der Waals surface area (Å²) in [5, 5.41) is 0.250. The van der Waals surface area contributed by atoms with Crippen molar-refractivity contribution < 1.29 is 8.78 Å². The molecule has 0 saturated heterocycles. The van der Waals surface area contributed by atoms with E-state index in [0.29, 0.717) is 11.4 Å². The van der Waals surface area contributed by atoms with E-state index in [2.05, 4.69) is 15.0 Å². The van der Waals surface area contributed by atoms with Gasteiger partial charge in [0, 0.05) is 50.3 Å². The summed E-state index contributed by atoms with van der Waals surface area (Å²) >= 11 is 40.3. The monoisotopic (exact) mass is 638 g/mol. The van der Waals surface area contributed by atoms with Crippen molar-refractivity contribution in [2.24, 2.45) is 0 Å². The fourth-order valence-corrected chi connectivity index (χ4v) is 6.45. The second kappa shape index (κ2) is 11.5. The number of hydrogen-bond acceptors (Lipinski definition) is 3. The molecule has 39 heavy (non-hydrogen) atoms. The highest BCUT2D eigenvalue weighted by Crippen LogP contribution is 2.52. The van der Waals surface area contributed by atoms with E-state index < -0.39 is 17.2 Å². The first-order chi connectivity index (χ1) is 18.7. The standard InChI is InChI=1S/C28H12Cl6F2N3/c29-13-9-15(31)23(27(33)21(13)19-5-1-3-7-38-19)26(25-17(35)11-37-12-18(25)36)24-16(32)10-14(30)22(28(24)34)20-6-2-4-8-39-20/h1-12H. The molecule has 0 aliphatic rings. The molecule has 3 heterocycles. The minimum absolute atomic E-state index is 0.0169. The van der Waals surface area contributed by atoms with E-state index in [4.69, 9.17) is 69.6 Å². The first-order valence-corrected chi connectivity index (χ1v) is 13.3. The summed E-state index contributed by atoms with van der Waals surface area (Å²) in [6, 6.07) is 13.1. The lowest BCUT2D eigenvalue weighted by Gasteiger charge is -2.26. The zero-order valence-electron chi connectivity index (χ0n) is 19.3. The molecule has 5 aromatic rings. The van der Waals surface area contributed by atoms with Crippen molar-refractivity contribution in [3.8, 4) is 22.5 Å². The zero-order valence-corrected chi connectivity index (χ0v) is 23.8. The Hall–Kier alpha value is -2.51. The number of rotatable bonds is 5. The van der Waals surface area contributed by atoms with E-state index in [-0.39, 0.29) is 58.3 Å². The molecule has 2 aromatic carbocycles. The fraction of sp³-hybridized carbons (Fsp3) is 0. The van der Waals surface area contributed by atoms with E-state index in [1.54, 1.807) is 48.8 Å². The quantitative estimate of drug-likeness (QED) is 0.192. The van der Waals surface area contributed by atoms with Gasteiger partial charge in [-0.1, -0.05) is 81.7 Å². The SMILES string of the molecule is Fc1cncc(F)c1[C](c1c(Cl)cc(Cl)c(-c2ccccn2)c1Cl)c1c(Cl)cc(Cl)c(-c2ccccn2)c1Cl. The number of halogens is 8. The molecular weight excluding hydrogens is 629 g/mol. The zero-order chi connectivity index (χ0) is 27.8. The number of hydrogen-bond donors (Lipinski definition) is 0. The summed E-state index contributed by atoms with van der Waals surface area (Å²) in [6.45, 7) is 0. The van der Waals surface area contributed by atoms with Crippen LogP contribution in [0.3, 0.4) is 0 Å². The van der Waals surface area contributed by atoms with Gasteiger partial charge in [0.2, 0.25) is 0 Å². The van der Waals surface area contributed by atoms with Crippen LogP contribution >= 0.6 is 69.6 Å². The van der Waals surface area contributed by atoms with E-state index in [1.807, 2.05) is 0 Å². The maximum Gasteiger partial charge on any atom is 0.148 e. The first kappa shape index (κ1) is 28.0. The van der Waals surface area contributed by atoms with Crippen LogP contribution < -0.4 is 0 Å². The number of pyridine rings is 3. The molecule has 0 amide bonds. The Bertz CT molecular complexity index is 1580. The van der Waals surface area contributed by atoms with Crippen molar-refractivity contribution in [2.75, 3.05) is 0 Å². The molecule has 195 valence electrons. The van der Waals surface area contributed by atoms with Crippen molar-refractivity contribution in [1.29, 1.82) is 0 Å². The van der Waals surface area contributed by atoms with Gasteiger partial charge in [-0.25, -0.2) is 8.78 Å². The molecule has 0 aliphatic carbocycles. The van der Waals surface area contributed by atoms with Gasteiger partial charge in [-0.15, -0.1) is 0 Å². The Kier molecular flexibility index (Phi) is 8.29. The summed E-state index contributed by atoms with van der Waals surface area (Å²) in [5.74, 6) is -2.15. The molecule has 1 radical (unpaired) electrons. The van der Waals surface area contributed by atoms with Crippen molar-refractivity contribution in [1.82, 2.24) is 15.0 Å². The average Bonchev–Trinajstić information content (AvgIpc) is 2.89. The van der Waals surface area contributed by atoms with Gasteiger partial charge in [0.05, 0.1) is 49.8 Å². The Morgan fingerprint density at radius 2 is 1.00 bits per heavy atom. The van der Waals surface area contributed by atoms with E-state index in [1.165, 1.54) is 12.1 Å². The molecule has 0 spiro atoms. The number of benzene rings is 2. The van der Waals surface area contributed by atoms with Crippen LogP contribution in [0.5, 0.6) is 0 Å². The van der Waals surface area contributed by atoms with Crippen LogP contribution in [0.4, 0.5) is 8.78 Å². The highest BCUT2D eigenvalue weighted by molar-refractivity contribution is 6.45. The molecule has 0 fully saturated rings. The van der Waals surface area contributed by atoms with Crippen LogP contribution in [0.15, 0.2) is 73.3 Å². The first-order valence-electron chi connectivity index (χ1n) is 11.1. The minimum atomic E-state index is -1.01. The van der Waals surface area contributed by atoms with Crippen molar-refractivity contribution >= 4 is 69.6 Å². The van der Waals surface area contributed by atoms with Crippen LogP contribution in [0.1, 0.15) is 16.7 Å². The molecule has 0 aliphatic heterocycles. The predicted molar refractivity (Wildman–Crippen MR) is 154 cm³/mol. The molecule has 11 heteroatoms. The predicted octanol–water partition coefficient (Wildman–Crippen LogP) is 10.4. The van der Waals surface area contributed by atoms with Gasteiger partial charge in [0.15, 0.2) is 0 Å². The average molecular weight is 641 g/mol. The fourth-order valence-electron chi connectivity index (χ4n) is 4.15. The highest BCUT2D eigenvalue weighted by atomic mass is 35.5. The summed E-state index contributed by atoms with van der Waals surface area (Å²) in [4.78, 5) is 12.3. The molecule has 0 N–H and O–H groups in total. The van der Waals surface area contributed by atoms with Crippen LogP contribution in [-0.2, 0) is 0 Å². The lowest BCUT2D eigenvalue weighted by atomic mass is 9.82. The van der Waals surface area contributed by atoms with Crippen LogP contribution in [0.25, 0.3) is 22.5 Å². The Labute approximate surface area is 252 Å². The van der Waals surface area contributed by atoms with Crippen molar-refractivity contribution in [2.45, 2.75) is 0 Å². The second-order valence-corrected chi connectivity index (χ2v) is 10.5. The third kappa shape index (κ3) is 5.20. The second-order valence-electron chi connectivity index (χ2n) is 8.09. The minimum Gasteiger partial charge on any atom is -0.259 e. The van der Waals surface area contributed by atoms with Crippen LogP contribution in [-0.4, -0.2) is 15.0 Å². The topological polar surface area (TPSA) is 38.7 Å². The third-order valence-corrected chi connectivity index (χ3v) is 7.73.